The summed E-state index contributed by atoms with van der Waals surface area (Å²) in [4.78, 5) is 35.0. The van der Waals surface area contributed by atoms with E-state index in [9.17, 15) is 19.7 Å². The van der Waals surface area contributed by atoms with Crippen LogP contribution in [0.3, 0.4) is 0 Å². The molecule has 0 fully saturated rings. The second-order valence-corrected chi connectivity index (χ2v) is 5.88. The van der Waals surface area contributed by atoms with Gasteiger partial charge in [-0.2, -0.15) is 0 Å². The van der Waals surface area contributed by atoms with E-state index in [4.69, 9.17) is 14.2 Å². The largest absolute Gasteiger partial charge is 0.495 e. The molecule has 0 saturated carbocycles. The first-order valence-corrected chi connectivity index (χ1v) is 8.25. The molecule has 2 aromatic carbocycles. The number of aryl methyl sites for hydroxylation is 1. The third kappa shape index (κ3) is 4.76. The number of methoxy groups -OCH3 is 2. The van der Waals surface area contributed by atoms with Crippen LogP contribution in [-0.2, 0) is 9.53 Å². The van der Waals surface area contributed by atoms with Crippen molar-refractivity contribution in [2.24, 2.45) is 0 Å². The van der Waals surface area contributed by atoms with Crippen molar-refractivity contribution in [1.82, 2.24) is 0 Å². The van der Waals surface area contributed by atoms with Crippen LogP contribution in [0.2, 0.25) is 0 Å². The van der Waals surface area contributed by atoms with Gasteiger partial charge in [-0.3, -0.25) is 14.9 Å². The molecule has 0 saturated heterocycles. The molecule has 2 rings (SSSR count). The van der Waals surface area contributed by atoms with Gasteiger partial charge in [0.2, 0.25) is 0 Å². The summed E-state index contributed by atoms with van der Waals surface area (Å²) in [5.41, 5.74) is 0.903. The lowest BCUT2D eigenvalue weighted by molar-refractivity contribution is -0.385. The second-order valence-electron chi connectivity index (χ2n) is 5.88. The van der Waals surface area contributed by atoms with Crippen LogP contribution in [0.15, 0.2) is 36.4 Å². The Morgan fingerprint density at radius 2 is 1.71 bits per heavy atom. The van der Waals surface area contributed by atoms with Crippen molar-refractivity contribution in [3.05, 3.63) is 57.6 Å². The number of carbonyl (C=O) groups is 2. The molecule has 28 heavy (non-hydrogen) atoms. The van der Waals surface area contributed by atoms with E-state index in [1.165, 1.54) is 33.3 Å². The van der Waals surface area contributed by atoms with Crippen LogP contribution in [0.4, 0.5) is 11.4 Å². The van der Waals surface area contributed by atoms with Crippen molar-refractivity contribution in [3.8, 4) is 11.5 Å². The summed E-state index contributed by atoms with van der Waals surface area (Å²) in [6, 6.07) is 8.90. The lowest BCUT2D eigenvalue weighted by Crippen LogP contribution is -2.30. The van der Waals surface area contributed by atoms with Crippen LogP contribution < -0.4 is 14.8 Å². The normalized spacial score (nSPS) is 11.3. The van der Waals surface area contributed by atoms with Crippen LogP contribution in [0.25, 0.3) is 0 Å². The number of nitrogens with one attached hydrogen (secondary N) is 1. The fraction of sp³-hybridized carbons (Fsp3) is 0.263. The van der Waals surface area contributed by atoms with Gasteiger partial charge in [-0.15, -0.1) is 0 Å². The molecule has 148 valence electrons. The number of amides is 1. The molecule has 0 bridgehead atoms. The van der Waals surface area contributed by atoms with Crippen LogP contribution in [-0.4, -0.2) is 37.1 Å². The van der Waals surface area contributed by atoms with E-state index < -0.39 is 22.9 Å². The van der Waals surface area contributed by atoms with Crippen molar-refractivity contribution < 1.29 is 28.7 Å². The Hall–Kier alpha value is -3.62. The molecule has 0 aliphatic rings. The lowest BCUT2D eigenvalue weighted by Gasteiger charge is -2.15. The number of ether oxygens (including phenoxy) is 3. The summed E-state index contributed by atoms with van der Waals surface area (Å²) in [5.74, 6) is -0.966. The molecule has 0 aromatic heterocycles. The topological polar surface area (TPSA) is 117 Å². The summed E-state index contributed by atoms with van der Waals surface area (Å²) in [6.07, 6.45) is -1.14. The zero-order valence-electron chi connectivity index (χ0n) is 15.8. The van der Waals surface area contributed by atoms with Crippen molar-refractivity contribution in [3.63, 3.8) is 0 Å². The van der Waals surface area contributed by atoms with Gasteiger partial charge < -0.3 is 19.5 Å². The minimum absolute atomic E-state index is 0.0129. The summed E-state index contributed by atoms with van der Waals surface area (Å²) in [5, 5.41) is 13.7. The van der Waals surface area contributed by atoms with E-state index in [0.29, 0.717) is 11.4 Å². The summed E-state index contributed by atoms with van der Waals surface area (Å²) in [7, 11) is 2.76. The van der Waals surface area contributed by atoms with Crippen molar-refractivity contribution >= 4 is 23.3 Å². The predicted octanol–water partition coefficient (Wildman–Crippen LogP) is 3.10. The highest BCUT2D eigenvalue weighted by atomic mass is 16.6. The number of nitro groups is 1. The number of rotatable bonds is 7. The van der Waals surface area contributed by atoms with Gasteiger partial charge in [0.1, 0.15) is 5.75 Å². The first kappa shape index (κ1) is 20.7. The van der Waals surface area contributed by atoms with Gasteiger partial charge in [-0.1, -0.05) is 6.07 Å². The van der Waals surface area contributed by atoms with E-state index in [1.807, 2.05) is 13.0 Å². The molecule has 1 unspecified atom stereocenters. The molecule has 0 aliphatic carbocycles. The van der Waals surface area contributed by atoms with Gasteiger partial charge in [0.25, 0.3) is 5.91 Å². The van der Waals surface area contributed by atoms with E-state index in [-0.39, 0.29) is 17.0 Å². The second kappa shape index (κ2) is 8.85. The molecule has 9 nitrogen and oxygen atoms in total. The molecule has 9 heteroatoms. The Morgan fingerprint density at radius 3 is 2.32 bits per heavy atom. The van der Waals surface area contributed by atoms with E-state index in [2.05, 4.69) is 5.32 Å². The number of hydrogen-bond donors (Lipinski definition) is 1. The summed E-state index contributed by atoms with van der Waals surface area (Å²) in [6.45, 7) is 3.25. The fourth-order valence-electron chi connectivity index (χ4n) is 2.40. The Labute approximate surface area is 161 Å². The van der Waals surface area contributed by atoms with Gasteiger partial charge in [0.05, 0.1) is 30.4 Å². The number of anilines is 1. The van der Waals surface area contributed by atoms with Gasteiger partial charge in [0.15, 0.2) is 11.9 Å². The van der Waals surface area contributed by atoms with Crippen LogP contribution in [0.1, 0.15) is 22.8 Å². The molecule has 1 atom stereocenters. The molecular formula is C19H20N2O7. The Bertz CT molecular complexity index is 911. The monoisotopic (exact) mass is 388 g/mol. The van der Waals surface area contributed by atoms with Crippen LogP contribution >= 0.6 is 0 Å². The van der Waals surface area contributed by atoms with Crippen molar-refractivity contribution in [1.29, 1.82) is 0 Å². The molecule has 2 aromatic rings. The Kier molecular flexibility index (Phi) is 6.54. The maximum Gasteiger partial charge on any atom is 0.339 e. The van der Waals surface area contributed by atoms with E-state index in [1.54, 1.807) is 12.1 Å². The van der Waals surface area contributed by atoms with Crippen LogP contribution in [0.5, 0.6) is 11.5 Å². The Balaban J connectivity index is 2.12. The number of nitrogens with zero attached hydrogens (tertiary/aromatic N) is 1. The van der Waals surface area contributed by atoms with E-state index >= 15 is 0 Å². The highest BCUT2D eigenvalue weighted by molar-refractivity contribution is 5.98. The third-order valence-corrected chi connectivity index (χ3v) is 3.88. The number of carbonyl (C=O) groups excluding carboxylic acids is 2. The fourth-order valence-corrected chi connectivity index (χ4v) is 2.40. The lowest BCUT2D eigenvalue weighted by atomic mass is 10.2. The molecule has 0 heterocycles. The molecule has 0 aliphatic heterocycles. The molecule has 1 N–H and O–H groups in total. The highest BCUT2D eigenvalue weighted by Gasteiger charge is 2.23. The smallest absolute Gasteiger partial charge is 0.339 e. The van der Waals surface area contributed by atoms with Crippen molar-refractivity contribution in [2.75, 3.05) is 19.5 Å². The minimum atomic E-state index is -1.14. The first-order valence-electron chi connectivity index (χ1n) is 8.25. The van der Waals surface area contributed by atoms with Gasteiger partial charge in [0, 0.05) is 6.07 Å². The average molecular weight is 388 g/mol. The first-order chi connectivity index (χ1) is 13.3. The standard InChI is InChI=1S/C19H20N2O7/c1-11-5-7-16(26-3)14(9-11)20-18(22)12(2)28-19(23)13-6-8-17(27-4)15(10-13)21(24)25/h5-10,12H,1-4H3,(H,20,22). The average Bonchev–Trinajstić information content (AvgIpc) is 2.67. The predicted molar refractivity (Wildman–Crippen MR) is 101 cm³/mol. The highest BCUT2D eigenvalue weighted by Crippen LogP contribution is 2.28. The molecular weight excluding hydrogens is 368 g/mol. The molecule has 0 spiro atoms. The SMILES string of the molecule is COc1ccc(C)cc1NC(=O)C(C)OC(=O)c1ccc(OC)c([N+](=O)[O-])c1. The number of esters is 1. The summed E-state index contributed by atoms with van der Waals surface area (Å²) < 4.78 is 15.2. The number of hydrogen-bond acceptors (Lipinski definition) is 7. The molecule has 1 amide bonds. The quantitative estimate of drug-likeness (QED) is 0.440. The van der Waals surface area contributed by atoms with Gasteiger partial charge >= 0.3 is 11.7 Å². The van der Waals surface area contributed by atoms with Crippen molar-refractivity contribution in [2.45, 2.75) is 20.0 Å². The summed E-state index contributed by atoms with van der Waals surface area (Å²) >= 11 is 0. The zero-order chi connectivity index (χ0) is 20.8. The van der Waals surface area contributed by atoms with Crippen LogP contribution in [0, 0.1) is 17.0 Å². The minimum Gasteiger partial charge on any atom is -0.495 e. The number of nitro benzene ring substituents is 1. The van der Waals surface area contributed by atoms with Gasteiger partial charge in [-0.25, -0.2) is 4.79 Å². The van der Waals surface area contributed by atoms with Gasteiger partial charge in [-0.05, 0) is 43.7 Å². The zero-order valence-corrected chi connectivity index (χ0v) is 15.8. The Morgan fingerprint density at radius 1 is 1.07 bits per heavy atom. The molecule has 0 radical (unpaired) electrons. The maximum absolute atomic E-state index is 12.4. The maximum atomic E-state index is 12.4. The number of benzene rings is 2. The third-order valence-electron chi connectivity index (χ3n) is 3.88. The van der Waals surface area contributed by atoms with E-state index in [0.717, 1.165) is 11.6 Å².